The summed E-state index contributed by atoms with van der Waals surface area (Å²) in [5.41, 5.74) is 12.3. The van der Waals surface area contributed by atoms with Crippen molar-refractivity contribution in [3.05, 3.63) is 0 Å². The van der Waals surface area contributed by atoms with Gasteiger partial charge in [0.15, 0.2) is 0 Å². The number of hydrogen-bond donors (Lipinski definition) is 2. The largest absolute Gasteiger partial charge is 0.313 e. The van der Waals surface area contributed by atoms with Crippen molar-refractivity contribution in [1.82, 2.24) is 0 Å². The van der Waals surface area contributed by atoms with Crippen LogP contribution in [0.3, 0.4) is 0 Å². The predicted octanol–water partition coefficient (Wildman–Crippen LogP) is 9.00. The van der Waals surface area contributed by atoms with Crippen molar-refractivity contribution >= 4 is 0 Å². The molecule has 0 bridgehead atoms. The molecule has 29 heavy (non-hydrogen) atoms. The van der Waals surface area contributed by atoms with Gasteiger partial charge in [-0.05, 0) is 12.8 Å². The van der Waals surface area contributed by atoms with E-state index in [-0.39, 0.29) is 0 Å². The van der Waals surface area contributed by atoms with Gasteiger partial charge in [0.05, 0.1) is 5.66 Å². The van der Waals surface area contributed by atoms with Crippen LogP contribution in [0.4, 0.5) is 0 Å². The van der Waals surface area contributed by atoms with Crippen LogP contribution in [0, 0.1) is 0 Å². The van der Waals surface area contributed by atoms with Gasteiger partial charge in [-0.1, -0.05) is 155 Å². The summed E-state index contributed by atoms with van der Waals surface area (Å²) in [6.45, 7) is 4.57. The summed E-state index contributed by atoms with van der Waals surface area (Å²) in [5.74, 6) is 0. The van der Waals surface area contributed by atoms with E-state index in [9.17, 15) is 0 Å². The molecule has 2 nitrogen and oxygen atoms in total. The molecule has 0 aliphatic heterocycles. The molecular formula is C27H58N2. The van der Waals surface area contributed by atoms with E-state index in [0.717, 1.165) is 12.8 Å². The summed E-state index contributed by atoms with van der Waals surface area (Å²) in [4.78, 5) is 0. The Morgan fingerprint density at radius 1 is 0.345 bits per heavy atom. The van der Waals surface area contributed by atoms with Gasteiger partial charge in [0, 0.05) is 0 Å². The summed E-state index contributed by atoms with van der Waals surface area (Å²) < 4.78 is 0. The van der Waals surface area contributed by atoms with Gasteiger partial charge in [-0.2, -0.15) is 0 Å². The van der Waals surface area contributed by atoms with Gasteiger partial charge in [0.1, 0.15) is 0 Å². The Balaban J connectivity index is 3.30. The van der Waals surface area contributed by atoms with Crippen LogP contribution in [0.5, 0.6) is 0 Å². The molecule has 0 amide bonds. The molecule has 0 unspecified atom stereocenters. The van der Waals surface area contributed by atoms with Crippen LogP contribution < -0.4 is 11.5 Å². The van der Waals surface area contributed by atoms with E-state index in [0.29, 0.717) is 0 Å². The van der Waals surface area contributed by atoms with Crippen molar-refractivity contribution < 1.29 is 0 Å². The standard InChI is InChI=1S/C27H58N2/c1-3-5-7-9-11-13-15-17-19-21-23-25-27(28,29)26-24-22-20-18-16-14-12-10-8-6-4-2/h3-26,28-29H2,1-2H3. The molecule has 0 saturated heterocycles. The number of unbranched alkanes of at least 4 members (excludes halogenated alkanes) is 20. The summed E-state index contributed by atoms with van der Waals surface area (Å²) in [6, 6.07) is 0. The topological polar surface area (TPSA) is 52.0 Å². The number of hydrogen-bond acceptors (Lipinski definition) is 2. The van der Waals surface area contributed by atoms with Crippen LogP contribution in [0.2, 0.25) is 0 Å². The quantitative estimate of drug-likeness (QED) is 0.123. The highest BCUT2D eigenvalue weighted by Crippen LogP contribution is 2.18. The Labute approximate surface area is 185 Å². The number of nitrogens with two attached hydrogens (primary N) is 2. The van der Waals surface area contributed by atoms with Crippen LogP contribution in [0.1, 0.15) is 168 Å². The zero-order chi connectivity index (χ0) is 21.5. The monoisotopic (exact) mass is 410 g/mol. The van der Waals surface area contributed by atoms with E-state index in [1.807, 2.05) is 0 Å². The molecule has 0 aliphatic rings. The van der Waals surface area contributed by atoms with Crippen molar-refractivity contribution in [2.24, 2.45) is 11.5 Å². The van der Waals surface area contributed by atoms with E-state index < -0.39 is 5.66 Å². The average Bonchev–Trinajstić information content (AvgIpc) is 2.70. The fourth-order valence-electron chi connectivity index (χ4n) is 4.36. The van der Waals surface area contributed by atoms with Crippen molar-refractivity contribution in [3.8, 4) is 0 Å². The Bertz CT molecular complexity index is 273. The average molecular weight is 411 g/mol. The van der Waals surface area contributed by atoms with Crippen LogP contribution in [-0.4, -0.2) is 5.66 Å². The lowest BCUT2D eigenvalue weighted by Gasteiger charge is -2.24. The summed E-state index contributed by atoms with van der Waals surface area (Å²) in [6.07, 6.45) is 32.4. The molecule has 0 aromatic carbocycles. The van der Waals surface area contributed by atoms with Crippen molar-refractivity contribution in [1.29, 1.82) is 0 Å². The highest BCUT2D eigenvalue weighted by atomic mass is 14.9. The Morgan fingerprint density at radius 3 is 0.793 bits per heavy atom. The van der Waals surface area contributed by atoms with E-state index in [2.05, 4.69) is 13.8 Å². The molecule has 0 radical (unpaired) electrons. The Morgan fingerprint density at radius 2 is 0.552 bits per heavy atom. The molecule has 0 spiro atoms. The first-order valence-corrected chi connectivity index (χ1v) is 13.7. The Kier molecular flexibility index (Phi) is 22.5. The lowest BCUT2D eigenvalue weighted by Crippen LogP contribution is -2.49. The third-order valence-electron chi connectivity index (χ3n) is 6.49. The summed E-state index contributed by atoms with van der Waals surface area (Å²) in [5, 5.41) is 0. The van der Waals surface area contributed by atoms with Crippen molar-refractivity contribution in [2.75, 3.05) is 0 Å². The fraction of sp³-hybridized carbons (Fsp3) is 1.00. The molecule has 0 fully saturated rings. The van der Waals surface area contributed by atoms with Crippen LogP contribution in [0.25, 0.3) is 0 Å². The number of rotatable bonds is 24. The van der Waals surface area contributed by atoms with Gasteiger partial charge in [-0.25, -0.2) is 0 Å². The molecule has 0 heterocycles. The molecule has 0 atom stereocenters. The van der Waals surface area contributed by atoms with E-state index >= 15 is 0 Å². The molecule has 0 rings (SSSR count). The zero-order valence-corrected chi connectivity index (χ0v) is 20.6. The third kappa shape index (κ3) is 24.1. The lowest BCUT2D eigenvalue weighted by molar-refractivity contribution is 0.345. The minimum absolute atomic E-state index is 0.418. The first-order valence-electron chi connectivity index (χ1n) is 13.7. The van der Waals surface area contributed by atoms with Crippen LogP contribution in [0.15, 0.2) is 0 Å². The predicted molar refractivity (Wildman–Crippen MR) is 133 cm³/mol. The Hall–Kier alpha value is -0.0800. The fourth-order valence-corrected chi connectivity index (χ4v) is 4.36. The summed E-state index contributed by atoms with van der Waals surface area (Å²) >= 11 is 0. The van der Waals surface area contributed by atoms with Crippen LogP contribution in [-0.2, 0) is 0 Å². The van der Waals surface area contributed by atoms with Gasteiger partial charge in [-0.15, -0.1) is 0 Å². The van der Waals surface area contributed by atoms with Gasteiger partial charge in [-0.3, -0.25) is 0 Å². The minimum Gasteiger partial charge on any atom is -0.313 e. The SMILES string of the molecule is CCCCCCCCCCCCCC(N)(N)CCCCCCCCCCCCC. The molecule has 0 aromatic rings. The normalized spacial score (nSPS) is 12.0. The first-order chi connectivity index (χ1) is 14.1. The highest BCUT2D eigenvalue weighted by Gasteiger charge is 2.17. The van der Waals surface area contributed by atoms with E-state index in [1.165, 1.54) is 141 Å². The van der Waals surface area contributed by atoms with Crippen LogP contribution >= 0.6 is 0 Å². The highest BCUT2D eigenvalue weighted by molar-refractivity contribution is 4.76. The molecule has 0 saturated carbocycles. The second-order valence-electron chi connectivity index (χ2n) is 9.80. The second-order valence-corrected chi connectivity index (χ2v) is 9.80. The van der Waals surface area contributed by atoms with Gasteiger partial charge < -0.3 is 11.5 Å². The van der Waals surface area contributed by atoms with Crippen molar-refractivity contribution in [2.45, 2.75) is 174 Å². The minimum atomic E-state index is -0.418. The van der Waals surface area contributed by atoms with Gasteiger partial charge in [0.2, 0.25) is 0 Å². The van der Waals surface area contributed by atoms with E-state index in [4.69, 9.17) is 11.5 Å². The molecule has 176 valence electrons. The van der Waals surface area contributed by atoms with Gasteiger partial charge >= 0.3 is 0 Å². The smallest absolute Gasteiger partial charge is 0.0636 e. The maximum absolute atomic E-state index is 6.34. The van der Waals surface area contributed by atoms with Crippen molar-refractivity contribution in [3.63, 3.8) is 0 Å². The van der Waals surface area contributed by atoms with E-state index in [1.54, 1.807) is 0 Å². The molecular weight excluding hydrogens is 352 g/mol. The maximum Gasteiger partial charge on any atom is 0.0636 e. The lowest BCUT2D eigenvalue weighted by atomic mass is 9.95. The third-order valence-corrected chi connectivity index (χ3v) is 6.49. The second kappa shape index (κ2) is 22.6. The van der Waals surface area contributed by atoms with Gasteiger partial charge in [0.25, 0.3) is 0 Å². The maximum atomic E-state index is 6.34. The molecule has 4 N–H and O–H groups in total. The summed E-state index contributed by atoms with van der Waals surface area (Å²) in [7, 11) is 0. The zero-order valence-electron chi connectivity index (χ0n) is 20.6. The molecule has 2 heteroatoms. The first kappa shape index (κ1) is 28.9. The molecule has 0 aliphatic carbocycles. The molecule has 0 aromatic heterocycles.